The summed E-state index contributed by atoms with van der Waals surface area (Å²) in [5, 5.41) is 13.6. The fraction of sp³-hybridized carbons (Fsp3) is 0.393. The quantitative estimate of drug-likeness (QED) is 0.371. The summed E-state index contributed by atoms with van der Waals surface area (Å²) in [6.45, 7) is 1.72. The summed E-state index contributed by atoms with van der Waals surface area (Å²) in [7, 11) is 1.60. The van der Waals surface area contributed by atoms with E-state index in [2.05, 4.69) is 52.4 Å². The number of fused-ring (bicyclic) bond motifs is 4. The van der Waals surface area contributed by atoms with Crippen molar-refractivity contribution in [2.45, 2.75) is 36.8 Å². The number of allylic oxidation sites excluding steroid dienone is 1. The summed E-state index contributed by atoms with van der Waals surface area (Å²) < 4.78 is 5.37. The molecule has 33 heavy (non-hydrogen) atoms. The molecule has 4 unspecified atom stereocenters. The highest BCUT2D eigenvalue weighted by atomic mass is 35.5. The summed E-state index contributed by atoms with van der Waals surface area (Å²) >= 11 is 7.29. The molecule has 1 saturated carbocycles. The molecule has 170 valence electrons. The van der Waals surface area contributed by atoms with Crippen LogP contribution < -0.4 is 4.74 Å². The topological polar surface area (TPSA) is 45.6 Å². The second kappa shape index (κ2) is 8.43. The van der Waals surface area contributed by atoms with E-state index in [1.54, 1.807) is 13.3 Å². The first-order valence-electron chi connectivity index (χ1n) is 11.9. The van der Waals surface area contributed by atoms with Crippen LogP contribution in [0, 0.1) is 11.8 Å². The molecule has 4 atom stereocenters. The Balaban J connectivity index is 1.26. The number of aliphatic hydroxyl groups excluding tert-OH is 1. The van der Waals surface area contributed by atoms with Gasteiger partial charge < -0.3 is 9.84 Å². The van der Waals surface area contributed by atoms with Crippen LogP contribution in [0.25, 0.3) is 16.8 Å². The highest BCUT2D eigenvalue weighted by Crippen LogP contribution is 2.56. The first kappa shape index (κ1) is 21.2. The Hall–Kier alpha value is -2.40. The third-order valence-electron chi connectivity index (χ3n) is 7.79. The van der Waals surface area contributed by atoms with Gasteiger partial charge in [0.2, 0.25) is 5.88 Å². The maximum atomic E-state index is 11.1. The number of hydrogen-bond donors (Lipinski definition) is 1. The average Bonchev–Trinajstić information content (AvgIpc) is 3.67. The van der Waals surface area contributed by atoms with E-state index in [-0.39, 0.29) is 11.4 Å². The second-order valence-electron chi connectivity index (χ2n) is 9.64. The van der Waals surface area contributed by atoms with Gasteiger partial charge in [0, 0.05) is 24.8 Å². The van der Waals surface area contributed by atoms with Gasteiger partial charge in [0.25, 0.3) is 0 Å². The average molecular weight is 461 g/mol. The molecule has 1 aliphatic heterocycles. The van der Waals surface area contributed by atoms with Crippen LogP contribution in [0.3, 0.4) is 0 Å². The molecule has 1 aromatic heterocycles. The maximum Gasteiger partial charge on any atom is 0.218 e. The molecular formula is C28H29ClN2O2. The van der Waals surface area contributed by atoms with Crippen LogP contribution in [0.15, 0.2) is 54.7 Å². The zero-order valence-electron chi connectivity index (χ0n) is 18.8. The van der Waals surface area contributed by atoms with Gasteiger partial charge in [-0.25, -0.2) is 4.98 Å². The van der Waals surface area contributed by atoms with E-state index < -0.39 is 6.10 Å². The Morgan fingerprint density at radius 1 is 1.15 bits per heavy atom. The van der Waals surface area contributed by atoms with Crippen LogP contribution in [0.2, 0.25) is 0 Å². The third-order valence-corrected chi connectivity index (χ3v) is 8.28. The smallest absolute Gasteiger partial charge is 0.218 e. The van der Waals surface area contributed by atoms with Crippen LogP contribution in [0.1, 0.15) is 59.0 Å². The van der Waals surface area contributed by atoms with E-state index in [0.717, 1.165) is 31.5 Å². The van der Waals surface area contributed by atoms with Crippen molar-refractivity contribution in [1.29, 1.82) is 0 Å². The lowest BCUT2D eigenvalue weighted by molar-refractivity contribution is 0.0529. The zero-order valence-corrected chi connectivity index (χ0v) is 19.6. The summed E-state index contributed by atoms with van der Waals surface area (Å²) in [6, 6.07) is 14.7. The number of alkyl halides is 1. The molecule has 0 spiro atoms. The second-order valence-corrected chi connectivity index (χ2v) is 10.0. The van der Waals surface area contributed by atoms with Gasteiger partial charge in [0.1, 0.15) is 5.50 Å². The molecule has 2 heterocycles. The lowest BCUT2D eigenvalue weighted by atomic mass is 9.85. The number of pyridine rings is 1. The minimum Gasteiger partial charge on any atom is -0.481 e. The third kappa shape index (κ3) is 3.65. The molecule has 1 N–H and O–H groups in total. The van der Waals surface area contributed by atoms with Gasteiger partial charge in [-0.2, -0.15) is 0 Å². The molecule has 0 radical (unpaired) electrons. The van der Waals surface area contributed by atoms with Gasteiger partial charge in [-0.1, -0.05) is 36.4 Å². The van der Waals surface area contributed by atoms with Gasteiger partial charge in [-0.3, -0.25) is 4.90 Å². The monoisotopic (exact) mass is 460 g/mol. The number of likely N-dealkylation sites (tertiary alicyclic amines) is 1. The van der Waals surface area contributed by atoms with Gasteiger partial charge in [0.05, 0.1) is 13.2 Å². The molecule has 1 saturated heterocycles. The molecular weight excluding hydrogens is 432 g/mol. The molecule has 3 aromatic rings. The summed E-state index contributed by atoms with van der Waals surface area (Å²) in [5.74, 6) is 1.97. The first-order chi connectivity index (χ1) is 16.2. The number of ether oxygens (including phenoxy) is 1. The number of benzene rings is 2. The molecule has 5 heteroatoms. The minimum absolute atomic E-state index is 0.163. The Labute approximate surface area is 199 Å². The van der Waals surface area contributed by atoms with Gasteiger partial charge in [-0.15, -0.1) is 11.6 Å². The summed E-state index contributed by atoms with van der Waals surface area (Å²) in [6.07, 6.45) is 8.80. The predicted octanol–water partition coefficient (Wildman–Crippen LogP) is 6.06. The number of piperidine rings is 1. The lowest BCUT2D eigenvalue weighted by Gasteiger charge is -2.38. The van der Waals surface area contributed by atoms with E-state index in [1.807, 2.05) is 12.1 Å². The number of halogens is 1. The van der Waals surface area contributed by atoms with Gasteiger partial charge >= 0.3 is 0 Å². The van der Waals surface area contributed by atoms with Crippen molar-refractivity contribution in [2.24, 2.45) is 11.8 Å². The molecule has 6 rings (SSSR count). The number of rotatable bonds is 5. The molecule has 2 aromatic carbocycles. The Morgan fingerprint density at radius 2 is 1.97 bits per heavy atom. The van der Waals surface area contributed by atoms with Crippen molar-refractivity contribution in [2.75, 3.05) is 20.2 Å². The molecule has 2 aliphatic carbocycles. The number of methoxy groups -OCH3 is 1. The molecule has 0 amide bonds. The van der Waals surface area contributed by atoms with Crippen molar-refractivity contribution in [3.05, 3.63) is 77.0 Å². The van der Waals surface area contributed by atoms with Crippen LogP contribution in [0.4, 0.5) is 0 Å². The number of aromatic nitrogens is 1. The number of aliphatic hydroxyl groups is 1. The maximum absolute atomic E-state index is 11.1. The van der Waals surface area contributed by atoms with Crippen molar-refractivity contribution in [1.82, 2.24) is 9.88 Å². The SMILES string of the molecule is COc1ncccc1C(O)C1CCN(C(Cl)c2c3c(cc4ccccc24)C=CC2CC32)CC1. The minimum atomic E-state index is -0.577. The molecule has 0 bridgehead atoms. The van der Waals surface area contributed by atoms with Crippen LogP contribution in [-0.2, 0) is 0 Å². The Kier molecular flexibility index (Phi) is 5.40. The van der Waals surface area contributed by atoms with Gasteiger partial charge in [0.15, 0.2) is 0 Å². The first-order valence-corrected chi connectivity index (χ1v) is 12.4. The standard InChI is InChI=1S/C28H29ClN2O2/c1-33-28-22(7-4-12-30-28)26(32)17-10-13-31(14-11-17)27(29)25-21-6-3-2-5-18(21)15-20-9-8-19-16-23(19)24(20)25/h2-9,12,15,17,19,23,26-27,32H,10-11,13-14,16H2,1H3. The number of nitrogens with zero attached hydrogens (tertiary/aromatic N) is 2. The van der Waals surface area contributed by atoms with Crippen LogP contribution >= 0.6 is 11.6 Å². The van der Waals surface area contributed by atoms with E-state index in [0.29, 0.717) is 17.7 Å². The number of hydrogen-bond acceptors (Lipinski definition) is 4. The van der Waals surface area contributed by atoms with Crippen molar-refractivity contribution in [3.8, 4) is 5.88 Å². The van der Waals surface area contributed by atoms with E-state index in [9.17, 15) is 5.11 Å². The normalized spacial score (nSPS) is 24.2. The molecule has 2 fully saturated rings. The molecule has 3 aliphatic rings. The van der Waals surface area contributed by atoms with Crippen LogP contribution in [0.5, 0.6) is 5.88 Å². The summed E-state index contributed by atoms with van der Waals surface area (Å²) in [4.78, 5) is 6.65. The van der Waals surface area contributed by atoms with Crippen molar-refractivity contribution >= 4 is 28.4 Å². The Bertz CT molecular complexity index is 1220. The predicted molar refractivity (Wildman–Crippen MR) is 132 cm³/mol. The summed E-state index contributed by atoms with van der Waals surface area (Å²) in [5.41, 5.74) is 4.71. The van der Waals surface area contributed by atoms with Crippen molar-refractivity contribution < 1.29 is 9.84 Å². The zero-order chi connectivity index (χ0) is 22.5. The van der Waals surface area contributed by atoms with E-state index in [1.165, 1.54) is 33.9 Å². The highest BCUT2D eigenvalue weighted by Gasteiger charge is 2.43. The van der Waals surface area contributed by atoms with Crippen molar-refractivity contribution in [3.63, 3.8) is 0 Å². The largest absolute Gasteiger partial charge is 0.481 e. The Morgan fingerprint density at radius 3 is 2.79 bits per heavy atom. The fourth-order valence-corrected chi connectivity index (χ4v) is 6.34. The van der Waals surface area contributed by atoms with E-state index in [4.69, 9.17) is 16.3 Å². The van der Waals surface area contributed by atoms with E-state index >= 15 is 0 Å². The van der Waals surface area contributed by atoms with Crippen LogP contribution in [-0.4, -0.2) is 35.2 Å². The highest BCUT2D eigenvalue weighted by molar-refractivity contribution is 6.22. The lowest BCUT2D eigenvalue weighted by Crippen LogP contribution is -2.37. The fourth-order valence-electron chi connectivity index (χ4n) is 5.91. The molecule has 4 nitrogen and oxygen atoms in total. The van der Waals surface area contributed by atoms with Gasteiger partial charge in [-0.05, 0) is 82.7 Å².